The Labute approximate surface area is 397 Å². The molecule has 0 saturated heterocycles. The molecule has 1 spiro atoms. The van der Waals surface area contributed by atoms with Crippen molar-refractivity contribution in [2.45, 2.75) is 5.41 Å². The van der Waals surface area contributed by atoms with Gasteiger partial charge in [0.05, 0.1) is 22.4 Å². The van der Waals surface area contributed by atoms with Gasteiger partial charge in [0.25, 0.3) is 0 Å². The lowest BCUT2D eigenvalue weighted by molar-refractivity contribution is 0.668. The Hall–Kier alpha value is -9.12. The number of hydrogen-bond acceptors (Lipinski definition) is 4. The van der Waals surface area contributed by atoms with Gasteiger partial charge < -0.3 is 8.83 Å². The number of rotatable bonds is 5. The van der Waals surface area contributed by atoms with Crippen molar-refractivity contribution < 1.29 is 8.83 Å². The Kier molecular flexibility index (Phi) is 7.96. The van der Waals surface area contributed by atoms with Gasteiger partial charge in [-0.25, -0.2) is 9.97 Å². The quantitative estimate of drug-likeness (QED) is 0.173. The first-order valence-electron chi connectivity index (χ1n) is 23.5. The molecular formula is C65H38N2O2. The molecule has 0 bridgehead atoms. The van der Waals surface area contributed by atoms with Crippen LogP contribution in [0.25, 0.3) is 122 Å². The molecule has 0 N–H and O–H groups in total. The molecule has 4 heteroatoms. The van der Waals surface area contributed by atoms with E-state index in [0.29, 0.717) is 5.82 Å². The Bertz CT molecular complexity index is 4210. The molecule has 0 radical (unpaired) electrons. The monoisotopic (exact) mass is 878 g/mol. The Morgan fingerprint density at radius 1 is 0.290 bits per heavy atom. The highest BCUT2D eigenvalue weighted by Gasteiger charge is 2.51. The molecule has 69 heavy (non-hydrogen) atoms. The van der Waals surface area contributed by atoms with Crippen molar-refractivity contribution >= 4 is 43.9 Å². The summed E-state index contributed by atoms with van der Waals surface area (Å²) in [5, 5.41) is 4.14. The van der Waals surface area contributed by atoms with Crippen molar-refractivity contribution in [3.8, 4) is 78.4 Å². The number of aromatic nitrogens is 2. The largest absolute Gasteiger partial charge is 0.456 e. The van der Waals surface area contributed by atoms with Crippen molar-refractivity contribution in [1.82, 2.24) is 9.97 Å². The van der Waals surface area contributed by atoms with Gasteiger partial charge in [-0.05, 0) is 109 Å². The number of hydrogen-bond donors (Lipinski definition) is 0. The molecule has 0 fully saturated rings. The van der Waals surface area contributed by atoms with E-state index < -0.39 is 0 Å². The summed E-state index contributed by atoms with van der Waals surface area (Å²) >= 11 is 0. The minimum atomic E-state index is -0.383. The Morgan fingerprint density at radius 2 is 0.812 bits per heavy atom. The van der Waals surface area contributed by atoms with Crippen LogP contribution < -0.4 is 0 Å². The van der Waals surface area contributed by atoms with Gasteiger partial charge in [-0.2, -0.15) is 0 Å². The molecule has 0 amide bonds. The Morgan fingerprint density at radius 3 is 1.59 bits per heavy atom. The molecule has 320 valence electrons. The number of nitrogens with zero attached hydrogens (tertiary/aromatic N) is 2. The molecule has 3 aromatic heterocycles. The van der Waals surface area contributed by atoms with E-state index >= 15 is 0 Å². The third kappa shape index (κ3) is 5.45. The first kappa shape index (κ1) is 38.0. The summed E-state index contributed by atoms with van der Waals surface area (Å²) < 4.78 is 13.2. The van der Waals surface area contributed by atoms with Crippen molar-refractivity contribution in [3.63, 3.8) is 0 Å². The minimum absolute atomic E-state index is 0.383. The molecule has 0 aliphatic heterocycles. The van der Waals surface area contributed by atoms with Gasteiger partial charge in [0.15, 0.2) is 5.82 Å². The first-order valence-corrected chi connectivity index (χ1v) is 23.5. The predicted molar refractivity (Wildman–Crippen MR) is 280 cm³/mol. The van der Waals surface area contributed by atoms with E-state index in [0.717, 1.165) is 88.6 Å². The third-order valence-electron chi connectivity index (χ3n) is 14.8. The maximum atomic E-state index is 6.67. The molecular weight excluding hydrogens is 841 g/mol. The van der Waals surface area contributed by atoms with Crippen molar-refractivity contribution in [2.75, 3.05) is 0 Å². The average molecular weight is 879 g/mol. The van der Waals surface area contributed by atoms with Crippen LogP contribution in [0, 0.1) is 0 Å². The zero-order chi connectivity index (χ0) is 45.2. The molecule has 10 aromatic carbocycles. The number of furan rings is 2. The van der Waals surface area contributed by atoms with Crippen LogP contribution in [0.1, 0.15) is 22.3 Å². The second-order valence-electron chi connectivity index (χ2n) is 18.3. The van der Waals surface area contributed by atoms with Crippen LogP contribution >= 0.6 is 0 Å². The van der Waals surface area contributed by atoms with Gasteiger partial charge in [0, 0.05) is 32.7 Å². The van der Waals surface area contributed by atoms with Gasteiger partial charge in [-0.15, -0.1) is 0 Å². The molecule has 2 aliphatic carbocycles. The SMILES string of the molecule is c1ccc(-c2ccc(-c3cc(-c4cccc5oc6ccc(-c7ccc8c(c7)-c7ccccc7C87c8ccccc8-c8ccccc87)cc6c45)nc(-c4cccc5c4oc4ccccc45)n3)cc2)cc1. The molecule has 0 unspecified atom stereocenters. The van der Waals surface area contributed by atoms with Gasteiger partial charge >= 0.3 is 0 Å². The second kappa shape index (κ2) is 14.4. The maximum absolute atomic E-state index is 6.67. The predicted octanol–water partition coefficient (Wildman–Crippen LogP) is 17.0. The standard InChI is InChI=1S/C65H38N2O2/c1-2-14-39(15-3-1)40-28-30-41(31-29-40)57-38-58(67-64(66-57)50-22-12-20-48-47-19-7-11-26-59(47)69-63(48)50)49-21-13-27-61-62(49)52-37-43(33-35-60(52)68-61)42-32-34-56-51(36-42)46-18-6-10-25-55(46)65(56)53-23-8-4-16-44(53)45-17-5-9-24-54(45)65/h1-38H. The average Bonchev–Trinajstić information content (AvgIpc) is 4.16. The highest BCUT2D eigenvalue weighted by molar-refractivity contribution is 6.14. The topological polar surface area (TPSA) is 52.1 Å². The third-order valence-corrected chi connectivity index (χ3v) is 14.8. The first-order chi connectivity index (χ1) is 34.2. The summed E-state index contributed by atoms with van der Waals surface area (Å²) in [6.45, 7) is 0. The highest BCUT2D eigenvalue weighted by atomic mass is 16.3. The van der Waals surface area contributed by atoms with E-state index in [4.69, 9.17) is 18.8 Å². The van der Waals surface area contributed by atoms with Crippen LogP contribution in [0.2, 0.25) is 0 Å². The summed E-state index contributed by atoms with van der Waals surface area (Å²) in [7, 11) is 0. The fraction of sp³-hybridized carbons (Fsp3) is 0.0154. The number of fused-ring (bicyclic) bond motifs is 16. The van der Waals surface area contributed by atoms with Gasteiger partial charge in [0.2, 0.25) is 0 Å². The molecule has 0 saturated carbocycles. The molecule has 13 aromatic rings. The fourth-order valence-electron chi connectivity index (χ4n) is 11.7. The van der Waals surface area contributed by atoms with E-state index in [9.17, 15) is 0 Å². The van der Waals surface area contributed by atoms with Crippen LogP contribution in [0.5, 0.6) is 0 Å². The van der Waals surface area contributed by atoms with Crippen LogP contribution in [-0.2, 0) is 5.41 Å². The lowest BCUT2D eigenvalue weighted by Crippen LogP contribution is -2.25. The molecule has 0 atom stereocenters. The van der Waals surface area contributed by atoms with Crippen LogP contribution in [0.4, 0.5) is 0 Å². The minimum Gasteiger partial charge on any atom is -0.456 e. The molecule has 3 heterocycles. The van der Waals surface area contributed by atoms with Crippen molar-refractivity contribution in [1.29, 1.82) is 0 Å². The van der Waals surface area contributed by atoms with Crippen LogP contribution in [0.3, 0.4) is 0 Å². The van der Waals surface area contributed by atoms with Crippen LogP contribution in [-0.4, -0.2) is 9.97 Å². The normalized spacial score (nSPS) is 13.0. The zero-order valence-corrected chi connectivity index (χ0v) is 37.2. The van der Waals surface area contributed by atoms with E-state index in [1.807, 2.05) is 24.3 Å². The fourth-order valence-corrected chi connectivity index (χ4v) is 11.7. The van der Waals surface area contributed by atoms with E-state index in [2.05, 4.69) is 206 Å². The molecule has 4 nitrogen and oxygen atoms in total. The molecule has 2 aliphatic rings. The van der Waals surface area contributed by atoms with Gasteiger partial charge in [0.1, 0.15) is 22.3 Å². The summed E-state index contributed by atoms with van der Waals surface area (Å²) in [5.74, 6) is 0.591. The summed E-state index contributed by atoms with van der Waals surface area (Å²) in [6, 6.07) is 82.5. The summed E-state index contributed by atoms with van der Waals surface area (Å²) in [6.07, 6.45) is 0. The van der Waals surface area contributed by atoms with E-state index in [1.165, 1.54) is 50.1 Å². The lowest BCUT2D eigenvalue weighted by Gasteiger charge is -2.30. The van der Waals surface area contributed by atoms with Crippen molar-refractivity contribution in [2.24, 2.45) is 0 Å². The smallest absolute Gasteiger partial charge is 0.164 e. The Balaban J connectivity index is 0.906. The van der Waals surface area contributed by atoms with Crippen molar-refractivity contribution in [3.05, 3.63) is 253 Å². The molecule has 15 rings (SSSR count). The van der Waals surface area contributed by atoms with E-state index in [-0.39, 0.29) is 5.41 Å². The number of benzene rings is 10. The maximum Gasteiger partial charge on any atom is 0.164 e. The van der Waals surface area contributed by atoms with Crippen LogP contribution in [0.15, 0.2) is 239 Å². The summed E-state index contributed by atoms with van der Waals surface area (Å²) in [4.78, 5) is 10.7. The second-order valence-corrected chi connectivity index (χ2v) is 18.3. The summed E-state index contributed by atoms with van der Waals surface area (Å²) in [5.41, 5.74) is 22.4. The zero-order valence-electron chi connectivity index (χ0n) is 37.2. The lowest BCUT2D eigenvalue weighted by atomic mass is 9.70. The van der Waals surface area contributed by atoms with Gasteiger partial charge in [-0.3, -0.25) is 0 Å². The highest BCUT2D eigenvalue weighted by Crippen LogP contribution is 2.63. The van der Waals surface area contributed by atoms with Gasteiger partial charge in [-0.1, -0.05) is 188 Å². The van der Waals surface area contributed by atoms with E-state index in [1.54, 1.807) is 0 Å². The number of para-hydroxylation sites is 2.